The Kier molecular flexibility index (Phi) is 4.17. The van der Waals surface area contributed by atoms with E-state index in [2.05, 4.69) is 5.32 Å². The Labute approximate surface area is 80.9 Å². The van der Waals surface area contributed by atoms with Gasteiger partial charge in [-0.3, -0.25) is 4.79 Å². The predicted octanol–water partition coefficient (Wildman–Crippen LogP) is 2.03. The first kappa shape index (κ1) is 13.8. The molecule has 15 heavy (non-hydrogen) atoms. The fraction of sp³-hybridized carbons (Fsp3) is 0.571. The van der Waals surface area contributed by atoms with E-state index in [1.165, 1.54) is 7.05 Å². The van der Waals surface area contributed by atoms with E-state index in [9.17, 15) is 31.1 Å². The monoisotopic (exact) mass is 235 g/mol. The molecule has 0 aliphatic rings. The minimum Gasteiger partial charge on any atom is -0.394 e. The summed E-state index contributed by atoms with van der Waals surface area (Å²) in [4.78, 5) is 10.6. The van der Waals surface area contributed by atoms with E-state index in [1.54, 1.807) is 0 Å². The molecule has 2 nitrogen and oxygen atoms in total. The lowest BCUT2D eigenvalue weighted by molar-refractivity contribution is -0.271. The molecule has 0 fully saturated rings. The normalized spacial score (nSPS) is 13.6. The average molecular weight is 235 g/mol. The first-order valence-electron chi connectivity index (χ1n) is 3.61. The first-order chi connectivity index (χ1) is 6.60. The number of halogens is 6. The zero-order valence-corrected chi connectivity index (χ0v) is 7.41. The molecule has 0 atom stereocenters. The van der Waals surface area contributed by atoms with Gasteiger partial charge < -0.3 is 5.32 Å². The number of nitrogens with one attached hydrogen (secondary N) is 1. The maximum atomic E-state index is 11.9. The van der Waals surface area contributed by atoms with Gasteiger partial charge in [-0.2, -0.15) is 26.3 Å². The number of allylic oxidation sites excluding steroid dienone is 1. The van der Waals surface area contributed by atoms with Gasteiger partial charge in [0.2, 0.25) is 5.92 Å². The van der Waals surface area contributed by atoms with Crippen LogP contribution in [0.4, 0.5) is 26.3 Å². The van der Waals surface area contributed by atoms with E-state index in [0.717, 1.165) is 0 Å². The fourth-order valence-electron chi connectivity index (χ4n) is 0.770. The van der Waals surface area contributed by atoms with Crippen LogP contribution < -0.4 is 5.32 Å². The van der Waals surface area contributed by atoms with Crippen LogP contribution in [-0.4, -0.2) is 25.2 Å². The third-order valence-electron chi connectivity index (χ3n) is 1.35. The fourth-order valence-corrected chi connectivity index (χ4v) is 0.770. The average Bonchev–Trinajstić information content (AvgIpc) is 1.94. The third-order valence-corrected chi connectivity index (χ3v) is 1.35. The van der Waals surface area contributed by atoms with Crippen LogP contribution in [0, 0.1) is 5.92 Å². The minimum atomic E-state index is -5.63. The summed E-state index contributed by atoms with van der Waals surface area (Å²) in [5.74, 6) is -6.01. The van der Waals surface area contributed by atoms with E-state index >= 15 is 0 Å². The lowest BCUT2D eigenvalue weighted by Crippen LogP contribution is -2.41. The molecular formula is C7H7F6NO. The highest BCUT2D eigenvalue weighted by Crippen LogP contribution is 2.39. The molecule has 0 radical (unpaired) electrons. The van der Waals surface area contributed by atoms with Crippen LogP contribution in [0.15, 0.2) is 12.3 Å². The van der Waals surface area contributed by atoms with Gasteiger partial charge in [0, 0.05) is 7.05 Å². The number of ketones is 1. The summed E-state index contributed by atoms with van der Waals surface area (Å²) in [5.41, 5.74) is 0. The van der Waals surface area contributed by atoms with Crippen LogP contribution in [0.1, 0.15) is 0 Å². The summed E-state index contributed by atoms with van der Waals surface area (Å²) in [6, 6.07) is 0. The van der Waals surface area contributed by atoms with E-state index in [4.69, 9.17) is 0 Å². The Morgan fingerprint density at radius 3 is 1.80 bits per heavy atom. The van der Waals surface area contributed by atoms with Crippen LogP contribution in [0.3, 0.4) is 0 Å². The van der Waals surface area contributed by atoms with Crippen molar-refractivity contribution in [2.75, 3.05) is 7.05 Å². The largest absolute Gasteiger partial charge is 0.407 e. The quantitative estimate of drug-likeness (QED) is 0.599. The van der Waals surface area contributed by atoms with Gasteiger partial charge in [0.05, 0.1) is 0 Å². The molecule has 0 aromatic carbocycles. The Morgan fingerprint density at radius 1 is 1.13 bits per heavy atom. The molecule has 0 bridgehead atoms. The second-order valence-corrected chi connectivity index (χ2v) is 2.54. The van der Waals surface area contributed by atoms with Gasteiger partial charge in [0.25, 0.3) is 0 Å². The lowest BCUT2D eigenvalue weighted by atomic mass is 10.0. The molecule has 0 heterocycles. The van der Waals surface area contributed by atoms with Crippen LogP contribution in [0.25, 0.3) is 0 Å². The maximum Gasteiger partial charge on any atom is 0.407 e. The SMILES string of the molecule is CN/C=C/C(=O)C(C(F)(F)F)C(F)(F)F. The Bertz CT molecular complexity index is 239. The van der Waals surface area contributed by atoms with Gasteiger partial charge in [-0.1, -0.05) is 0 Å². The Hall–Kier alpha value is -1.21. The van der Waals surface area contributed by atoms with E-state index in [0.29, 0.717) is 6.20 Å². The summed E-state index contributed by atoms with van der Waals surface area (Å²) in [6.45, 7) is 0. The second-order valence-electron chi connectivity index (χ2n) is 2.54. The predicted molar refractivity (Wildman–Crippen MR) is 38.8 cm³/mol. The highest BCUT2D eigenvalue weighted by Gasteiger charge is 2.60. The van der Waals surface area contributed by atoms with Gasteiger partial charge in [-0.15, -0.1) is 0 Å². The van der Waals surface area contributed by atoms with Gasteiger partial charge in [-0.05, 0) is 12.3 Å². The van der Waals surface area contributed by atoms with Crippen molar-refractivity contribution in [3.05, 3.63) is 12.3 Å². The van der Waals surface area contributed by atoms with Crippen molar-refractivity contribution >= 4 is 5.78 Å². The van der Waals surface area contributed by atoms with Crippen molar-refractivity contribution in [1.29, 1.82) is 0 Å². The van der Waals surface area contributed by atoms with Crippen molar-refractivity contribution in [3.8, 4) is 0 Å². The van der Waals surface area contributed by atoms with Crippen molar-refractivity contribution in [2.24, 2.45) is 5.92 Å². The van der Waals surface area contributed by atoms with Crippen LogP contribution in [0.2, 0.25) is 0 Å². The third kappa shape index (κ3) is 4.22. The molecule has 0 aliphatic heterocycles. The Morgan fingerprint density at radius 2 is 1.53 bits per heavy atom. The Balaban J connectivity index is 4.98. The molecule has 0 aromatic rings. The number of hydrogen-bond acceptors (Lipinski definition) is 2. The number of carbonyl (C=O) groups is 1. The van der Waals surface area contributed by atoms with Gasteiger partial charge in [-0.25, -0.2) is 0 Å². The molecular weight excluding hydrogens is 228 g/mol. The molecule has 0 aromatic heterocycles. The van der Waals surface area contributed by atoms with Crippen molar-refractivity contribution in [3.63, 3.8) is 0 Å². The van der Waals surface area contributed by atoms with E-state index in [1.807, 2.05) is 0 Å². The summed E-state index contributed by atoms with van der Waals surface area (Å²) < 4.78 is 71.4. The summed E-state index contributed by atoms with van der Waals surface area (Å²) in [6.07, 6.45) is -10.4. The summed E-state index contributed by atoms with van der Waals surface area (Å²) in [5, 5.41) is 2.12. The first-order valence-corrected chi connectivity index (χ1v) is 3.61. The molecule has 0 saturated heterocycles. The number of alkyl halides is 6. The highest BCUT2D eigenvalue weighted by atomic mass is 19.4. The van der Waals surface area contributed by atoms with Crippen LogP contribution in [0.5, 0.6) is 0 Å². The molecule has 8 heteroatoms. The summed E-state index contributed by atoms with van der Waals surface area (Å²) >= 11 is 0. The molecule has 1 N–H and O–H groups in total. The van der Waals surface area contributed by atoms with Crippen molar-refractivity contribution in [2.45, 2.75) is 12.4 Å². The molecule has 0 amide bonds. The summed E-state index contributed by atoms with van der Waals surface area (Å²) in [7, 11) is 1.24. The molecule has 0 aliphatic carbocycles. The van der Waals surface area contributed by atoms with Crippen LogP contribution in [-0.2, 0) is 4.79 Å². The zero-order valence-electron chi connectivity index (χ0n) is 7.41. The molecule has 0 rings (SSSR count). The van der Waals surface area contributed by atoms with Gasteiger partial charge in [0.1, 0.15) is 0 Å². The zero-order chi connectivity index (χ0) is 12.3. The standard InChI is InChI=1S/C7H7F6NO/c1-14-3-2-4(15)5(6(8,9)10)7(11,12)13/h2-3,5,14H,1H3/b3-2+. The minimum absolute atomic E-state index is 0.200. The molecule has 0 unspecified atom stereocenters. The maximum absolute atomic E-state index is 11.9. The lowest BCUT2D eigenvalue weighted by Gasteiger charge is -2.20. The van der Waals surface area contributed by atoms with Gasteiger partial charge >= 0.3 is 12.4 Å². The van der Waals surface area contributed by atoms with E-state index in [-0.39, 0.29) is 6.08 Å². The van der Waals surface area contributed by atoms with Crippen LogP contribution >= 0.6 is 0 Å². The molecule has 0 saturated carbocycles. The van der Waals surface area contributed by atoms with Gasteiger partial charge in [0.15, 0.2) is 5.78 Å². The second kappa shape index (κ2) is 4.54. The van der Waals surface area contributed by atoms with Crippen molar-refractivity contribution in [1.82, 2.24) is 5.32 Å². The molecule has 88 valence electrons. The smallest absolute Gasteiger partial charge is 0.394 e. The number of rotatable bonds is 3. The number of hydrogen-bond donors (Lipinski definition) is 1. The number of carbonyl (C=O) groups excluding carboxylic acids is 1. The van der Waals surface area contributed by atoms with E-state index < -0.39 is 24.1 Å². The van der Waals surface area contributed by atoms with Crippen molar-refractivity contribution < 1.29 is 31.1 Å². The topological polar surface area (TPSA) is 29.1 Å². The highest BCUT2D eigenvalue weighted by molar-refractivity contribution is 5.92. The molecule has 0 spiro atoms.